The van der Waals surface area contributed by atoms with Crippen molar-refractivity contribution in [3.05, 3.63) is 65.2 Å². The Balaban J connectivity index is 2.43. The van der Waals surface area contributed by atoms with Crippen LogP contribution < -0.4 is 0 Å². The molecule has 2 aromatic carbocycles. The number of rotatable bonds is 2. The minimum absolute atomic E-state index is 0.114. The quantitative estimate of drug-likeness (QED) is 0.882. The smallest absolute Gasteiger partial charge is 0.416 e. The van der Waals surface area contributed by atoms with E-state index in [1.54, 1.807) is 12.1 Å². The first-order valence-electron chi connectivity index (χ1n) is 5.91. The standard InChI is InChI=1S/C15H13F3O2/c1-14(20,12-4-2-3-5-13(12)19)10-6-8-11(9-7-10)15(16,17)18/h2-9,19-20H,1H3. The second-order valence-corrected chi connectivity index (χ2v) is 4.66. The Morgan fingerprint density at radius 2 is 1.35 bits per heavy atom. The average Bonchev–Trinajstić information content (AvgIpc) is 2.38. The van der Waals surface area contributed by atoms with Crippen molar-refractivity contribution in [3.8, 4) is 5.75 Å². The Labute approximate surface area is 114 Å². The van der Waals surface area contributed by atoms with Crippen LogP contribution in [0.3, 0.4) is 0 Å². The van der Waals surface area contributed by atoms with Crippen molar-refractivity contribution in [2.75, 3.05) is 0 Å². The molecule has 106 valence electrons. The van der Waals surface area contributed by atoms with E-state index in [2.05, 4.69) is 0 Å². The third-order valence-electron chi connectivity index (χ3n) is 3.20. The number of phenols is 1. The topological polar surface area (TPSA) is 40.5 Å². The van der Waals surface area contributed by atoms with Crippen LogP contribution in [0, 0.1) is 0 Å². The highest BCUT2D eigenvalue weighted by Crippen LogP contribution is 2.36. The molecule has 0 aliphatic rings. The van der Waals surface area contributed by atoms with Crippen LogP contribution in [0.5, 0.6) is 5.75 Å². The fraction of sp³-hybridized carbons (Fsp3) is 0.200. The fourth-order valence-electron chi connectivity index (χ4n) is 2.02. The van der Waals surface area contributed by atoms with E-state index in [1.807, 2.05) is 0 Å². The third kappa shape index (κ3) is 2.63. The zero-order valence-electron chi connectivity index (χ0n) is 10.6. The van der Waals surface area contributed by atoms with Crippen LogP contribution in [-0.4, -0.2) is 10.2 Å². The van der Waals surface area contributed by atoms with E-state index in [0.29, 0.717) is 0 Å². The highest BCUT2D eigenvalue weighted by atomic mass is 19.4. The molecule has 2 nitrogen and oxygen atoms in total. The van der Waals surface area contributed by atoms with Crippen molar-refractivity contribution in [2.24, 2.45) is 0 Å². The Morgan fingerprint density at radius 3 is 1.85 bits per heavy atom. The monoisotopic (exact) mass is 282 g/mol. The summed E-state index contributed by atoms with van der Waals surface area (Å²) < 4.78 is 37.5. The van der Waals surface area contributed by atoms with Gasteiger partial charge in [-0.15, -0.1) is 0 Å². The van der Waals surface area contributed by atoms with Crippen LogP contribution in [0.4, 0.5) is 13.2 Å². The van der Waals surface area contributed by atoms with E-state index in [-0.39, 0.29) is 16.9 Å². The molecule has 2 N–H and O–H groups in total. The summed E-state index contributed by atoms with van der Waals surface area (Å²) in [7, 11) is 0. The number of aromatic hydroxyl groups is 1. The highest BCUT2D eigenvalue weighted by molar-refractivity contribution is 5.43. The van der Waals surface area contributed by atoms with Gasteiger partial charge in [0.1, 0.15) is 11.4 Å². The lowest BCUT2D eigenvalue weighted by molar-refractivity contribution is -0.137. The molecule has 2 aromatic rings. The van der Waals surface area contributed by atoms with Gasteiger partial charge in [-0.2, -0.15) is 13.2 Å². The summed E-state index contributed by atoms with van der Waals surface area (Å²) in [5.74, 6) is -0.114. The van der Waals surface area contributed by atoms with E-state index in [4.69, 9.17) is 0 Å². The molecule has 1 unspecified atom stereocenters. The van der Waals surface area contributed by atoms with Crippen molar-refractivity contribution in [2.45, 2.75) is 18.7 Å². The largest absolute Gasteiger partial charge is 0.508 e. The Kier molecular flexibility index (Phi) is 3.48. The molecule has 0 aliphatic carbocycles. The van der Waals surface area contributed by atoms with Crippen LogP contribution >= 0.6 is 0 Å². The summed E-state index contributed by atoms with van der Waals surface area (Å²) in [6.45, 7) is 1.42. The molecule has 0 heterocycles. The SMILES string of the molecule is CC(O)(c1ccc(C(F)(F)F)cc1)c1ccccc1O. The molecule has 0 aromatic heterocycles. The Morgan fingerprint density at radius 1 is 0.850 bits per heavy atom. The second kappa shape index (κ2) is 4.83. The summed E-state index contributed by atoms with van der Waals surface area (Å²) in [5, 5.41) is 20.2. The number of benzene rings is 2. The van der Waals surface area contributed by atoms with Crippen molar-refractivity contribution in [1.82, 2.24) is 0 Å². The minimum atomic E-state index is -4.42. The predicted molar refractivity (Wildman–Crippen MR) is 68.2 cm³/mol. The maximum absolute atomic E-state index is 12.5. The molecule has 0 fully saturated rings. The molecule has 1 atom stereocenters. The molecule has 0 amide bonds. The Hall–Kier alpha value is -2.01. The van der Waals surface area contributed by atoms with E-state index in [0.717, 1.165) is 12.1 Å². The molecule has 0 bridgehead atoms. The summed E-state index contributed by atoms with van der Waals surface area (Å²) in [4.78, 5) is 0. The van der Waals surface area contributed by atoms with Crippen LogP contribution in [0.1, 0.15) is 23.6 Å². The van der Waals surface area contributed by atoms with Gasteiger partial charge in [0.25, 0.3) is 0 Å². The second-order valence-electron chi connectivity index (χ2n) is 4.66. The lowest BCUT2D eigenvalue weighted by atomic mass is 9.87. The number of aliphatic hydroxyl groups is 1. The van der Waals surface area contributed by atoms with Gasteiger partial charge in [-0.05, 0) is 30.7 Å². The molecular weight excluding hydrogens is 269 g/mol. The third-order valence-corrected chi connectivity index (χ3v) is 3.20. The Bertz CT molecular complexity index is 601. The highest BCUT2D eigenvalue weighted by Gasteiger charge is 2.32. The average molecular weight is 282 g/mol. The number of halogens is 3. The normalized spacial score (nSPS) is 14.8. The van der Waals surface area contributed by atoms with Gasteiger partial charge in [0.15, 0.2) is 0 Å². The van der Waals surface area contributed by atoms with Crippen LogP contribution in [0.15, 0.2) is 48.5 Å². The first-order valence-corrected chi connectivity index (χ1v) is 5.91. The van der Waals surface area contributed by atoms with Gasteiger partial charge < -0.3 is 10.2 Å². The molecule has 0 spiro atoms. The molecule has 20 heavy (non-hydrogen) atoms. The van der Waals surface area contributed by atoms with Crippen molar-refractivity contribution >= 4 is 0 Å². The molecular formula is C15H13F3O2. The van der Waals surface area contributed by atoms with Crippen molar-refractivity contribution in [1.29, 1.82) is 0 Å². The summed E-state index contributed by atoms with van der Waals surface area (Å²) >= 11 is 0. The summed E-state index contributed by atoms with van der Waals surface area (Å²) in [5.41, 5.74) is -1.85. The van der Waals surface area contributed by atoms with Crippen LogP contribution in [-0.2, 0) is 11.8 Å². The van der Waals surface area contributed by atoms with Gasteiger partial charge in [0, 0.05) is 5.56 Å². The van der Waals surface area contributed by atoms with Gasteiger partial charge in [-0.25, -0.2) is 0 Å². The number of alkyl halides is 3. The molecule has 5 heteroatoms. The first kappa shape index (κ1) is 14.4. The van der Waals surface area contributed by atoms with Gasteiger partial charge >= 0.3 is 6.18 Å². The lowest BCUT2D eigenvalue weighted by Crippen LogP contribution is -2.23. The van der Waals surface area contributed by atoms with Crippen LogP contribution in [0.2, 0.25) is 0 Å². The number of para-hydroxylation sites is 1. The molecule has 0 saturated heterocycles. The summed E-state index contributed by atoms with van der Waals surface area (Å²) in [6.07, 6.45) is -4.42. The van der Waals surface area contributed by atoms with Gasteiger partial charge in [-0.3, -0.25) is 0 Å². The van der Waals surface area contributed by atoms with E-state index < -0.39 is 17.3 Å². The minimum Gasteiger partial charge on any atom is -0.508 e. The van der Waals surface area contributed by atoms with Gasteiger partial charge in [-0.1, -0.05) is 30.3 Å². The van der Waals surface area contributed by atoms with E-state index >= 15 is 0 Å². The summed E-state index contributed by atoms with van der Waals surface area (Å²) in [6, 6.07) is 10.4. The number of hydrogen-bond acceptors (Lipinski definition) is 2. The van der Waals surface area contributed by atoms with E-state index in [1.165, 1.54) is 31.2 Å². The molecule has 2 rings (SSSR count). The van der Waals surface area contributed by atoms with Crippen molar-refractivity contribution < 1.29 is 23.4 Å². The maximum atomic E-state index is 12.5. The molecule has 0 saturated carbocycles. The van der Waals surface area contributed by atoms with E-state index in [9.17, 15) is 23.4 Å². The van der Waals surface area contributed by atoms with Gasteiger partial charge in [0.05, 0.1) is 5.56 Å². The predicted octanol–water partition coefficient (Wildman–Crippen LogP) is 3.67. The fourth-order valence-corrected chi connectivity index (χ4v) is 2.02. The molecule has 0 radical (unpaired) electrons. The molecule has 0 aliphatic heterocycles. The van der Waals surface area contributed by atoms with Crippen LogP contribution in [0.25, 0.3) is 0 Å². The van der Waals surface area contributed by atoms with Gasteiger partial charge in [0.2, 0.25) is 0 Å². The maximum Gasteiger partial charge on any atom is 0.416 e. The van der Waals surface area contributed by atoms with Crippen molar-refractivity contribution in [3.63, 3.8) is 0 Å². The number of hydrogen-bond donors (Lipinski definition) is 2. The zero-order chi connectivity index (χ0) is 15.0. The lowest BCUT2D eigenvalue weighted by Gasteiger charge is -2.25. The first-order chi connectivity index (χ1) is 9.23. The number of phenolic OH excluding ortho intramolecular Hbond substituents is 1. The zero-order valence-corrected chi connectivity index (χ0v) is 10.6.